The van der Waals surface area contributed by atoms with Gasteiger partial charge in [-0.3, -0.25) is 9.59 Å². The zero-order chi connectivity index (χ0) is 16.1. The van der Waals surface area contributed by atoms with Crippen molar-refractivity contribution < 1.29 is 14.7 Å². The molecule has 1 aliphatic heterocycles. The van der Waals surface area contributed by atoms with Crippen LogP contribution in [0.25, 0.3) is 0 Å². The first-order valence-corrected chi connectivity index (χ1v) is 8.63. The molecular weight excluding hydrogens is 290 g/mol. The van der Waals surface area contributed by atoms with Crippen molar-refractivity contribution >= 4 is 11.9 Å². The fourth-order valence-electron chi connectivity index (χ4n) is 4.73. The van der Waals surface area contributed by atoms with E-state index in [1.54, 1.807) is 0 Å². The fraction of sp³-hybridized carbons (Fsp3) is 0.579. The molecule has 3 aliphatic rings. The van der Waals surface area contributed by atoms with Crippen LogP contribution in [0.3, 0.4) is 0 Å². The molecule has 2 saturated carbocycles. The van der Waals surface area contributed by atoms with Crippen LogP contribution < -0.4 is 0 Å². The molecule has 2 atom stereocenters. The fourth-order valence-corrected chi connectivity index (χ4v) is 4.73. The van der Waals surface area contributed by atoms with Gasteiger partial charge in [-0.05, 0) is 43.6 Å². The van der Waals surface area contributed by atoms with E-state index in [1.807, 2.05) is 23.1 Å². The van der Waals surface area contributed by atoms with Gasteiger partial charge >= 0.3 is 5.97 Å². The van der Waals surface area contributed by atoms with Crippen molar-refractivity contribution in [1.82, 2.24) is 4.90 Å². The van der Waals surface area contributed by atoms with E-state index in [2.05, 4.69) is 12.1 Å². The predicted octanol–water partition coefficient (Wildman–Crippen LogP) is 2.72. The Bertz CT molecular complexity index is 637. The third kappa shape index (κ3) is 2.27. The first-order valence-electron chi connectivity index (χ1n) is 8.63. The monoisotopic (exact) mass is 313 g/mol. The van der Waals surface area contributed by atoms with Crippen LogP contribution in [0.2, 0.25) is 0 Å². The molecule has 2 aliphatic carbocycles. The summed E-state index contributed by atoms with van der Waals surface area (Å²) in [5.41, 5.74) is 0.267. The van der Waals surface area contributed by atoms with E-state index in [-0.39, 0.29) is 17.2 Å². The number of benzene rings is 1. The number of carbonyl (C=O) groups is 2. The van der Waals surface area contributed by atoms with Crippen molar-refractivity contribution in [2.75, 3.05) is 13.1 Å². The number of rotatable bonds is 4. The predicted molar refractivity (Wildman–Crippen MR) is 85.8 cm³/mol. The SMILES string of the molecule is O=C(N1C[C@@H]2CCC[C@@]2(C(=O)O)C1)C1(Cc2ccccc2)CC1. The van der Waals surface area contributed by atoms with E-state index in [9.17, 15) is 14.7 Å². The van der Waals surface area contributed by atoms with Crippen LogP contribution in [0, 0.1) is 16.7 Å². The lowest BCUT2D eigenvalue weighted by Gasteiger charge is -2.26. The van der Waals surface area contributed by atoms with Gasteiger partial charge in [-0.25, -0.2) is 0 Å². The van der Waals surface area contributed by atoms with Gasteiger partial charge in [-0.1, -0.05) is 36.8 Å². The molecular formula is C19H23NO3. The highest BCUT2D eigenvalue weighted by Crippen LogP contribution is 2.54. The Kier molecular flexibility index (Phi) is 3.26. The van der Waals surface area contributed by atoms with Crippen LogP contribution in [0.5, 0.6) is 0 Å². The third-order valence-electron chi connectivity index (χ3n) is 6.28. The third-order valence-corrected chi connectivity index (χ3v) is 6.28. The molecule has 4 rings (SSSR count). The molecule has 0 bridgehead atoms. The summed E-state index contributed by atoms with van der Waals surface area (Å²) >= 11 is 0. The summed E-state index contributed by atoms with van der Waals surface area (Å²) in [6.07, 6.45) is 5.30. The number of amides is 1. The van der Waals surface area contributed by atoms with Crippen molar-refractivity contribution in [1.29, 1.82) is 0 Å². The van der Waals surface area contributed by atoms with Crippen LogP contribution >= 0.6 is 0 Å². The number of likely N-dealkylation sites (tertiary alicyclic amines) is 1. The van der Waals surface area contributed by atoms with Crippen molar-refractivity contribution in [3.8, 4) is 0 Å². The molecule has 1 heterocycles. The maximum atomic E-state index is 13.1. The number of nitrogens with zero attached hydrogens (tertiary/aromatic N) is 1. The average Bonchev–Trinajstić information content (AvgIpc) is 3.05. The normalized spacial score (nSPS) is 31.0. The summed E-state index contributed by atoms with van der Waals surface area (Å²) in [5, 5.41) is 9.69. The smallest absolute Gasteiger partial charge is 0.311 e. The molecule has 0 aromatic heterocycles. The summed E-state index contributed by atoms with van der Waals surface area (Å²) in [4.78, 5) is 26.7. The quantitative estimate of drug-likeness (QED) is 0.930. The molecule has 4 heteroatoms. The van der Waals surface area contributed by atoms with E-state index in [0.717, 1.165) is 38.5 Å². The van der Waals surface area contributed by atoms with Crippen molar-refractivity contribution in [3.63, 3.8) is 0 Å². The highest BCUT2D eigenvalue weighted by molar-refractivity contribution is 5.87. The molecule has 0 spiro atoms. The lowest BCUT2D eigenvalue weighted by atomic mass is 9.81. The minimum absolute atomic E-state index is 0.150. The van der Waals surface area contributed by atoms with Gasteiger partial charge in [0.15, 0.2) is 0 Å². The van der Waals surface area contributed by atoms with E-state index in [1.165, 1.54) is 5.56 Å². The molecule has 1 N–H and O–H groups in total. The maximum absolute atomic E-state index is 13.1. The van der Waals surface area contributed by atoms with Gasteiger partial charge in [0.05, 0.1) is 10.8 Å². The van der Waals surface area contributed by atoms with Crippen LogP contribution in [-0.2, 0) is 16.0 Å². The van der Waals surface area contributed by atoms with Gasteiger partial charge in [0.2, 0.25) is 5.91 Å². The zero-order valence-corrected chi connectivity index (χ0v) is 13.3. The Balaban J connectivity index is 1.51. The number of fused-ring (bicyclic) bond motifs is 1. The largest absolute Gasteiger partial charge is 0.481 e. The first kappa shape index (κ1) is 14.7. The second-order valence-corrected chi connectivity index (χ2v) is 7.68. The number of carbonyl (C=O) groups excluding carboxylic acids is 1. The summed E-state index contributed by atoms with van der Waals surface area (Å²) < 4.78 is 0. The number of carboxylic acids is 1. The van der Waals surface area contributed by atoms with Gasteiger partial charge in [0, 0.05) is 13.1 Å². The highest BCUT2D eigenvalue weighted by Gasteiger charge is 2.59. The first-order chi connectivity index (χ1) is 11.1. The summed E-state index contributed by atoms with van der Waals surface area (Å²) in [6, 6.07) is 10.2. The van der Waals surface area contributed by atoms with Gasteiger partial charge in [-0.15, -0.1) is 0 Å². The van der Waals surface area contributed by atoms with E-state index >= 15 is 0 Å². The molecule has 0 radical (unpaired) electrons. The van der Waals surface area contributed by atoms with Crippen LogP contribution in [-0.4, -0.2) is 35.0 Å². The second kappa shape index (κ2) is 5.08. The average molecular weight is 313 g/mol. The van der Waals surface area contributed by atoms with Crippen LogP contribution in [0.1, 0.15) is 37.7 Å². The molecule has 3 fully saturated rings. The summed E-state index contributed by atoms with van der Waals surface area (Å²) in [6.45, 7) is 1.06. The summed E-state index contributed by atoms with van der Waals surface area (Å²) in [5.74, 6) is -0.365. The minimum atomic E-state index is -0.705. The molecule has 1 amide bonds. The van der Waals surface area contributed by atoms with E-state index < -0.39 is 11.4 Å². The van der Waals surface area contributed by atoms with Crippen molar-refractivity contribution in [3.05, 3.63) is 35.9 Å². The van der Waals surface area contributed by atoms with E-state index in [0.29, 0.717) is 13.1 Å². The number of hydrogen-bond donors (Lipinski definition) is 1. The second-order valence-electron chi connectivity index (χ2n) is 7.68. The van der Waals surface area contributed by atoms with Gasteiger partial charge in [-0.2, -0.15) is 0 Å². The van der Waals surface area contributed by atoms with Gasteiger partial charge in [0.1, 0.15) is 0 Å². The minimum Gasteiger partial charge on any atom is -0.481 e. The molecule has 4 nitrogen and oxygen atoms in total. The Morgan fingerprint density at radius 1 is 1.17 bits per heavy atom. The molecule has 0 unspecified atom stereocenters. The Morgan fingerprint density at radius 2 is 1.91 bits per heavy atom. The van der Waals surface area contributed by atoms with Crippen LogP contribution in [0.15, 0.2) is 30.3 Å². The highest BCUT2D eigenvalue weighted by atomic mass is 16.4. The van der Waals surface area contributed by atoms with Crippen molar-refractivity contribution in [2.24, 2.45) is 16.7 Å². The lowest BCUT2D eigenvalue weighted by molar-refractivity contribution is -0.149. The Hall–Kier alpha value is -1.84. The molecule has 23 heavy (non-hydrogen) atoms. The Morgan fingerprint density at radius 3 is 2.52 bits per heavy atom. The zero-order valence-electron chi connectivity index (χ0n) is 13.3. The van der Waals surface area contributed by atoms with Gasteiger partial charge in [0.25, 0.3) is 0 Å². The number of aliphatic carboxylic acids is 1. The topological polar surface area (TPSA) is 57.6 Å². The molecule has 1 saturated heterocycles. The maximum Gasteiger partial charge on any atom is 0.311 e. The van der Waals surface area contributed by atoms with Gasteiger partial charge < -0.3 is 10.0 Å². The Labute approximate surface area is 136 Å². The standard InChI is InChI=1S/C19H23NO3/c21-16(18(9-10-18)11-14-5-2-1-3-6-14)20-12-15-7-4-8-19(15,13-20)17(22)23/h1-3,5-6,15H,4,7-13H2,(H,22,23)/t15-,19+/m0/s1. The number of carboxylic acid groups (broad SMARTS) is 1. The van der Waals surface area contributed by atoms with E-state index in [4.69, 9.17) is 0 Å². The number of hydrogen-bond acceptors (Lipinski definition) is 2. The molecule has 122 valence electrons. The summed E-state index contributed by atoms with van der Waals surface area (Å²) in [7, 11) is 0. The molecule has 1 aromatic rings. The van der Waals surface area contributed by atoms with Crippen molar-refractivity contribution in [2.45, 2.75) is 38.5 Å². The molecule has 1 aromatic carbocycles. The van der Waals surface area contributed by atoms with Crippen LogP contribution in [0.4, 0.5) is 0 Å². The lowest BCUT2D eigenvalue weighted by Crippen LogP contribution is -2.40.